The van der Waals surface area contributed by atoms with Crippen LogP contribution < -0.4 is 18.9 Å². The largest absolute Gasteiger partial charge is 0.486 e. The lowest BCUT2D eigenvalue weighted by Crippen LogP contribution is -2.59. The molecule has 2 aromatic rings. The number of ether oxygens (including phenoxy) is 4. The number of piperazine rings is 1. The Balaban J connectivity index is 1.31. The van der Waals surface area contributed by atoms with Crippen molar-refractivity contribution in [3.63, 3.8) is 0 Å². The number of carbonyl (C=O) groups is 2. The minimum Gasteiger partial charge on any atom is -0.486 e. The predicted molar refractivity (Wildman–Crippen MR) is 116 cm³/mol. The van der Waals surface area contributed by atoms with Crippen molar-refractivity contribution in [1.82, 2.24) is 9.80 Å². The van der Waals surface area contributed by atoms with Gasteiger partial charge >= 0.3 is 0 Å². The van der Waals surface area contributed by atoms with Gasteiger partial charge in [0.1, 0.15) is 26.4 Å². The van der Waals surface area contributed by atoms with Crippen LogP contribution in [0.2, 0.25) is 0 Å². The quantitative estimate of drug-likeness (QED) is 0.717. The molecule has 8 heteroatoms. The lowest BCUT2D eigenvalue weighted by atomic mass is 10.0. The van der Waals surface area contributed by atoms with Gasteiger partial charge in [-0.25, -0.2) is 0 Å². The van der Waals surface area contributed by atoms with E-state index in [1.54, 1.807) is 36.4 Å². The normalized spacial score (nSPS) is 21.8. The van der Waals surface area contributed by atoms with Gasteiger partial charge in [-0.05, 0) is 50.2 Å². The molecule has 1 saturated heterocycles. The van der Waals surface area contributed by atoms with E-state index >= 15 is 0 Å². The van der Waals surface area contributed by atoms with Crippen molar-refractivity contribution in [2.24, 2.45) is 0 Å². The fourth-order valence-corrected chi connectivity index (χ4v) is 4.38. The van der Waals surface area contributed by atoms with E-state index in [1.165, 1.54) is 0 Å². The summed E-state index contributed by atoms with van der Waals surface area (Å²) in [7, 11) is 0. The summed E-state index contributed by atoms with van der Waals surface area (Å²) in [6.45, 7) is 6.78. The van der Waals surface area contributed by atoms with Crippen molar-refractivity contribution >= 4 is 11.8 Å². The van der Waals surface area contributed by atoms with Gasteiger partial charge in [0.15, 0.2) is 23.0 Å². The maximum absolute atomic E-state index is 13.2. The molecule has 0 aliphatic carbocycles. The van der Waals surface area contributed by atoms with Crippen molar-refractivity contribution < 1.29 is 28.5 Å². The fraction of sp³-hybridized carbons (Fsp3) is 0.417. The third kappa shape index (κ3) is 3.70. The van der Waals surface area contributed by atoms with Gasteiger partial charge in [0.25, 0.3) is 11.8 Å². The monoisotopic (exact) mass is 438 g/mol. The van der Waals surface area contributed by atoms with E-state index in [0.717, 1.165) is 0 Å². The van der Waals surface area contributed by atoms with E-state index in [0.29, 0.717) is 73.6 Å². The van der Waals surface area contributed by atoms with Crippen LogP contribution in [0.3, 0.4) is 0 Å². The smallest absolute Gasteiger partial charge is 0.254 e. The highest BCUT2D eigenvalue weighted by molar-refractivity contribution is 5.97. The van der Waals surface area contributed by atoms with E-state index < -0.39 is 0 Å². The lowest BCUT2D eigenvalue weighted by Gasteiger charge is -2.44. The Kier molecular flexibility index (Phi) is 5.28. The van der Waals surface area contributed by atoms with Crippen LogP contribution in [0.1, 0.15) is 34.6 Å². The first-order valence-electron chi connectivity index (χ1n) is 10.9. The van der Waals surface area contributed by atoms with Gasteiger partial charge in [-0.1, -0.05) is 0 Å². The third-order valence-corrected chi connectivity index (χ3v) is 6.09. The van der Waals surface area contributed by atoms with E-state index in [-0.39, 0.29) is 23.9 Å². The molecule has 2 atom stereocenters. The van der Waals surface area contributed by atoms with Crippen LogP contribution >= 0.6 is 0 Å². The number of fused-ring (bicyclic) bond motifs is 2. The molecule has 0 unspecified atom stereocenters. The van der Waals surface area contributed by atoms with Crippen LogP contribution in [-0.4, -0.2) is 73.2 Å². The number of hydrogen-bond donors (Lipinski definition) is 0. The van der Waals surface area contributed by atoms with Crippen LogP contribution in [0.15, 0.2) is 36.4 Å². The first kappa shape index (κ1) is 20.5. The molecule has 0 bridgehead atoms. The molecule has 0 saturated carbocycles. The summed E-state index contributed by atoms with van der Waals surface area (Å²) < 4.78 is 22.3. The molecule has 0 spiro atoms. The average Bonchev–Trinajstić information content (AvgIpc) is 2.83. The molecule has 3 aliphatic heterocycles. The minimum atomic E-state index is -0.131. The first-order chi connectivity index (χ1) is 15.5. The second-order valence-corrected chi connectivity index (χ2v) is 8.33. The zero-order valence-corrected chi connectivity index (χ0v) is 18.2. The van der Waals surface area contributed by atoms with Gasteiger partial charge in [-0.15, -0.1) is 0 Å². The summed E-state index contributed by atoms with van der Waals surface area (Å²) in [5.74, 6) is 2.35. The summed E-state index contributed by atoms with van der Waals surface area (Å²) in [6, 6.07) is 10.3. The highest BCUT2D eigenvalue weighted by Crippen LogP contribution is 2.33. The van der Waals surface area contributed by atoms with Crippen molar-refractivity contribution in [1.29, 1.82) is 0 Å². The molecule has 32 heavy (non-hydrogen) atoms. The summed E-state index contributed by atoms with van der Waals surface area (Å²) in [5.41, 5.74) is 1.11. The average molecular weight is 438 g/mol. The standard InChI is InChI=1S/C24H26N2O6/c1-15-13-26(24(28)18-4-6-20-22(12-18)32-10-8-30-20)16(2)14-25(15)23(27)17-3-5-19-21(11-17)31-9-7-29-19/h3-6,11-12,15-16H,7-10,13-14H2,1-2H3/t15-,16-/m0/s1. The number of nitrogens with zero attached hydrogens (tertiary/aromatic N) is 2. The van der Waals surface area contributed by atoms with E-state index in [9.17, 15) is 9.59 Å². The Morgan fingerprint density at radius 2 is 1.03 bits per heavy atom. The molecule has 0 aromatic heterocycles. The van der Waals surface area contributed by atoms with Gasteiger partial charge in [-0.2, -0.15) is 0 Å². The maximum atomic E-state index is 13.2. The van der Waals surface area contributed by atoms with E-state index in [2.05, 4.69) is 0 Å². The summed E-state index contributed by atoms with van der Waals surface area (Å²) in [6.07, 6.45) is 0. The molecule has 2 amide bonds. The molecule has 1 fully saturated rings. The summed E-state index contributed by atoms with van der Waals surface area (Å²) in [4.78, 5) is 30.1. The molecule has 168 valence electrons. The van der Waals surface area contributed by atoms with Crippen LogP contribution in [0.25, 0.3) is 0 Å². The topological polar surface area (TPSA) is 77.5 Å². The Hall–Kier alpha value is -3.42. The predicted octanol–water partition coefficient (Wildman–Crippen LogP) is 2.60. The van der Waals surface area contributed by atoms with E-state index in [4.69, 9.17) is 18.9 Å². The van der Waals surface area contributed by atoms with Crippen LogP contribution in [0.4, 0.5) is 0 Å². The van der Waals surface area contributed by atoms with Crippen LogP contribution in [-0.2, 0) is 0 Å². The van der Waals surface area contributed by atoms with Crippen LogP contribution in [0.5, 0.6) is 23.0 Å². The zero-order chi connectivity index (χ0) is 22.2. The maximum Gasteiger partial charge on any atom is 0.254 e. The third-order valence-electron chi connectivity index (χ3n) is 6.09. The Labute approximate surface area is 186 Å². The molecule has 2 aromatic carbocycles. The number of amides is 2. The highest BCUT2D eigenvalue weighted by Gasteiger charge is 2.35. The number of rotatable bonds is 2. The molecule has 3 aliphatic rings. The number of carbonyl (C=O) groups excluding carboxylic acids is 2. The van der Waals surface area contributed by atoms with Crippen molar-refractivity contribution in [2.45, 2.75) is 25.9 Å². The van der Waals surface area contributed by atoms with Gasteiger partial charge in [0.05, 0.1) is 0 Å². The number of hydrogen-bond acceptors (Lipinski definition) is 6. The number of benzene rings is 2. The minimum absolute atomic E-state index is 0.0762. The summed E-state index contributed by atoms with van der Waals surface area (Å²) >= 11 is 0. The Morgan fingerprint density at radius 3 is 1.44 bits per heavy atom. The van der Waals surface area contributed by atoms with Crippen molar-refractivity contribution in [2.75, 3.05) is 39.5 Å². The molecule has 0 N–H and O–H groups in total. The Bertz CT molecular complexity index is 971. The van der Waals surface area contributed by atoms with Gasteiger partial charge in [0, 0.05) is 36.3 Å². The van der Waals surface area contributed by atoms with Crippen molar-refractivity contribution in [3.05, 3.63) is 47.5 Å². The van der Waals surface area contributed by atoms with Crippen molar-refractivity contribution in [3.8, 4) is 23.0 Å². The zero-order valence-electron chi connectivity index (χ0n) is 18.2. The molecule has 0 radical (unpaired) electrons. The highest BCUT2D eigenvalue weighted by atomic mass is 16.6. The molecular formula is C24H26N2O6. The first-order valence-corrected chi connectivity index (χ1v) is 10.9. The fourth-order valence-electron chi connectivity index (χ4n) is 4.38. The van der Waals surface area contributed by atoms with Gasteiger partial charge < -0.3 is 28.7 Å². The Morgan fingerprint density at radius 1 is 0.656 bits per heavy atom. The lowest BCUT2D eigenvalue weighted by molar-refractivity contribution is 0.0269. The second kappa shape index (κ2) is 8.26. The summed E-state index contributed by atoms with van der Waals surface area (Å²) in [5, 5.41) is 0. The molecule has 3 heterocycles. The van der Waals surface area contributed by atoms with E-state index in [1.807, 2.05) is 23.6 Å². The SMILES string of the molecule is C[C@H]1CN(C(=O)c2ccc3c(c2)OCCO3)[C@@H](C)CN1C(=O)c1ccc2c(c1)OCCO2. The second-order valence-electron chi connectivity index (χ2n) is 8.33. The molecular weight excluding hydrogens is 412 g/mol. The molecule has 8 nitrogen and oxygen atoms in total. The molecule has 5 rings (SSSR count). The van der Waals surface area contributed by atoms with Gasteiger partial charge in [0.2, 0.25) is 0 Å². The van der Waals surface area contributed by atoms with Crippen LogP contribution in [0, 0.1) is 0 Å². The van der Waals surface area contributed by atoms with Gasteiger partial charge in [-0.3, -0.25) is 9.59 Å².